The number of benzene rings is 1. The zero-order chi connectivity index (χ0) is 19.2. The van der Waals surface area contributed by atoms with E-state index in [1.165, 1.54) is 12.4 Å². The summed E-state index contributed by atoms with van der Waals surface area (Å²) in [6, 6.07) is 13.3. The maximum atomic E-state index is 12.4. The van der Waals surface area contributed by atoms with Crippen LogP contribution >= 0.6 is 0 Å². The molecule has 0 bridgehead atoms. The first kappa shape index (κ1) is 17.3. The van der Waals surface area contributed by atoms with Crippen LogP contribution in [0.15, 0.2) is 79.8 Å². The Hall–Kier alpha value is -4.07. The fraction of sp³-hybridized carbons (Fsp3) is 0.0500. The van der Waals surface area contributed by atoms with E-state index in [-0.39, 0.29) is 5.91 Å². The number of para-hydroxylation sites is 1. The van der Waals surface area contributed by atoms with Gasteiger partial charge in [-0.2, -0.15) is 0 Å². The van der Waals surface area contributed by atoms with E-state index in [1.54, 1.807) is 29.5 Å². The number of rotatable bonds is 6. The molecule has 1 aromatic carbocycles. The largest absolute Gasteiger partial charge is 0.348 e. The maximum Gasteiger partial charge on any atom is 0.254 e. The number of nitrogens with one attached hydrogen (secondary N) is 2. The molecule has 0 saturated carbocycles. The van der Waals surface area contributed by atoms with Crippen LogP contribution in [-0.2, 0) is 6.54 Å². The highest BCUT2D eigenvalue weighted by atomic mass is 16.1. The summed E-state index contributed by atoms with van der Waals surface area (Å²) in [6.07, 6.45) is 9.84. The monoisotopic (exact) mass is 371 g/mol. The average molecular weight is 371 g/mol. The highest BCUT2D eigenvalue weighted by Crippen LogP contribution is 2.13. The molecular formula is C20H17N7O. The van der Waals surface area contributed by atoms with Crippen LogP contribution in [0.1, 0.15) is 15.9 Å². The van der Waals surface area contributed by atoms with E-state index in [0.717, 1.165) is 17.1 Å². The summed E-state index contributed by atoms with van der Waals surface area (Å²) in [7, 11) is 0. The van der Waals surface area contributed by atoms with Gasteiger partial charge in [0.05, 0.1) is 5.56 Å². The van der Waals surface area contributed by atoms with Gasteiger partial charge in [0.1, 0.15) is 12.1 Å². The number of anilines is 2. The molecule has 3 aromatic heterocycles. The quantitative estimate of drug-likeness (QED) is 0.541. The molecule has 8 nitrogen and oxygen atoms in total. The second-order valence-electron chi connectivity index (χ2n) is 5.93. The van der Waals surface area contributed by atoms with Gasteiger partial charge in [0.15, 0.2) is 0 Å². The molecule has 0 aliphatic heterocycles. The molecule has 0 atom stereocenters. The van der Waals surface area contributed by atoms with Crippen LogP contribution in [-0.4, -0.2) is 30.4 Å². The molecule has 0 aliphatic carbocycles. The molecule has 2 N–H and O–H groups in total. The Balaban J connectivity index is 1.41. The van der Waals surface area contributed by atoms with Gasteiger partial charge >= 0.3 is 0 Å². The maximum absolute atomic E-state index is 12.4. The molecule has 0 unspecified atom stereocenters. The summed E-state index contributed by atoms with van der Waals surface area (Å²) < 4.78 is 1.80. The lowest BCUT2D eigenvalue weighted by Gasteiger charge is -2.10. The third-order valence-electron chi connectivity index (χ3n) is 4.00. The molecule has 0 saturated heterocycles. The summed E-state index contributed by atoms with van der Waals surface area (Å²) in [5.41, 5.74) is 2.13. The Bertz CT molecular complexity index is 1050. The van der Waals surface area contributed by atoms with Gasteiger partial charge in [-0.25, -0.2) is 19.9 Å². The molecule has 4 rings (SSSR count). The van der Waals surface area contributed by atoms with Gasteiger partial charge in [0, 0.05) is 48.8 Å². The Morgan fingerprint density at radius 1 is 0.964 bits per heavy atom. The van der Waals surface area contributed by atoms with Crippen LogP contribution in [0.2, 0.25) is 0 Å². The standard InChI is InChI=1S/C20H17N7O/c28-19(16-12-24-20(25-13-16)26-17-6-2-1-3-7-17)23-11-15-5-4-8-22-18(15)27-10-9-21-14-27/h1-10,12-14H,11H2,(H,23,28)(H,24,25,26). The van der Waals surface area contributed by atoms with Crippen molar-refractivity contribution in [3.63, 3.8) is 0 Å². The molecule has 0 fully saturated rings. The summed E-state index contributed by atoms with van der Waals surface area (Å²) in [4.78, 5) is 29.2. The smallest absolute Gasteiger partial charge is 0.254 e. The summed E-state index contributed by atoms with van der Waals surface area (Å²) in [5, 5.41) is 5.95. The predicted molar refractivity (Wildman–Crippen MR) is 104 cm³/mol. The van der Waals surface area contributed by atoms with E-state index in [9.17, 15) is 4.79 Å². The number of carbonyl (C=O) groups excluding carboxylic acids is 1. The molecule has 138 valence electrons. The van der Waals surface area contributed by atoms with E-state index in [0.29, 0.717) is 18.1 Å². The van der Waals surface area contributed by atoms with Crippen molar-refractivity contribution >= 4 is 17.5 Å². The molecular weight excluding hydrogens is 354 g/mol. The third kappa shape index (κ3) is 4.01. The summed E-state index contributed by atoms with van der Waals surface area (Å²) >= 11 is 0. The van der Waals surface area contributed by atoms with Crippen LogP contribution < -0.4 is 10.6 Å². The van der Waals surface area contributed by atoms with Crippen molar-refractivity contribution in [1.29, 1.82) is 0 Å². The highest BCUT2D eigenvalue weighted by molar-refractivity contribution is 5.93. The van der Waals surface area contributed by atoms with Gasteiger partial charge in [-0.05, 0) is 18.2 Å². The number of imidazole rings is 1. The van der Waals surface area contributed by atoms with Crippen molar-refractivity contribution in [2.24, 2.45) is 0 Å². The molecule has 0 spiro atoms. The number of aromatic nitrogens is 5. The fourth-order valence-corrected chi connectivity index (χ4v) is 2.62. The van der Waals surface area contributed by atoms with Crippen molar-refractivity contribution in [3.05, 3.63) is 90.9 Å². The van der Waals surface area contributed by atoms with Crippen molar-refractivity contribution in [2.75, 3.05) is 5.32 Å². The van der Waals surface area contributed by atoms with Crippen LogP contribution in [0.5, 0.6) is 0 Å². The normalized spacial score (nSPS) is 10.4. The molecule has 8 heteroatoms. The zero-order valence-corrected chi connectivity index (χ0v) is 14.9. The molecule has 3 heterocycles. The number of carbonyl (C=O) groups is 1. The molecule has 0 aliphatic rings. The van der Waals surface area contributed by atoms with E-state index in [4.69, 9.17) is 0 Å². The number of amides is 1. The second-order valence-corrected chi connectivity index (χ2v) is 5.93. The predicted octanol–water partition coefficient (Wildman–Crippen LogP) is 2.73. The van der Waals surface area contributed by atoms with Gasteiger partial charge in [0.2, 0.25) is 5.95 Å². The lowest BCUT2D eigenvalue weighted by molar-refractivity contribution is 0.0950. The second kappa shape index (κ2) is 8.09. The Morgan fingerprint density at radius 3 is 2.54 bits per heavy atom. The lowest BCUT2D eigenvalue weighted by atomic mass is 10.2. The summed E-state index contributed by atoms with van der Waals surface area (Å²) in [5.74, 6) is 0.892. The van der Waals surface area contributed by atoms with E-state index in [2.05, 4.69) is 30.6 Å². The average Bonchev–Trinajstić information content (AvgIpc) is 3.28. The van der Waals surface area contributed by atoms with Gasteiger partial charge in [-0.1, -0.05) is 24.3 Å². The zero-order valence-electron chi connectivity index (χ0n) is 14.9. The van der Waals surface area contributed by atoms with Crippen molar-refractivity contribution in [2.45, 2.75) is 6.54 Å². The molecule has 4 aromatic rings. The van der Waals surface area contributed by atoms with E-state index >= 15 is 0 Å². The van der Waals surface area contributed by atoms with Gasteiger partial charge in [-0.3, -0.25) is 9.36 Å². The number of nitrogens with zero attached hydrogens (tertiary/aromatic N) is 5. The van der Waals surface area contributed by atoms with Gasteiger partial charge < -0.3 is 10.6 Å². The lowest BCUT2D eigenvalue weighted by Crippen LogP contribution is -2.24. The Labute approximate surface area is 161 Å². The van der Waals surface area contributed by atoms with Crippen LogP contribution in [0, 0.1) is 0 Å². The van der Waals surface area contributed by atoms with Crippen LogP contribution in [0.25, 0.3) is 5.82 Å². The van der Waals surface area contributed by atoms with Gasteiger partial charge in [0.25, 0.3) is 5.91 Å². The van der Waals surface area contributed by atoms with E-state index in [1.807, 2.05) is 42.5 Å². The minimum absolute atomic E-state index is 0.258. The Morgan fingerprint density at radius 2 is 1.79 bits per heavy atom. The Kier molecular flexibility index (Phi) is 5.01. The molecule has 28 heavy (non-hydrogen) atoms. The van der Waals surface area contributed by atoms with E-state index < -0.39 is 0 Å². The first-order chi connectivity index (χ1) is 13.8. The first-order valence-corrected chi connectivity index (χ1v) is 8.64. The van der Waals surface area contributed by atoms with Crippen molar-refractivity contribution in [3.8, 4) is 5.82 Å². The molecule has 0 radical (unpaired) electrons. The number of hydrogen-bond acceptors (Lipinski definition) is 6. The fourth-order valence-electron chi connectivity index (χ4n) is 2.62. The van der Waals surface area contributed by atoms with Crippen LogP contribution in [0.4, 0.5) is 11.6 Å². The van der Waals surface area contributed by atoms with Crippen molar-refractivity contribution < 1.29 is 4.79 Å². The molecule has 1 amide bonds. The van der Waals surface area contributed by atoms with Crippen LogP contribution in [0.3, 0.4) is 0 Å². The minimum Gasteiger partial charge on any atom is -0.348 e. The SMILES string of the molecule is O=C(NCc1cccnc1-n1ccnc1)c1cnc(Nc2ccccc2)nc1. The topological polar surface area (TPSA) is 97.6 Å². The third-order valence-corrected chi connectivity index (χ3v) is 4.00. The van der Waals surface area contributed by atoms with Gasteiger partial charge in [-0.15, -0.1) is 0 Å². The van der Waals surface area contributed by atoms with Crippen molar-refractivity contribution in [1.82, 2.24) is 29.8 Å². The number of hydrogen-bond donors (Lipinski definition) is 2. The highest BCUT2D eigenvalue weighted by Gasteiger charge is 2.10. The minimum atomic E-state index is -0.258. The first-order valence-electron chi connectivity index (χ1n) is 8.64. The summed E-state index contributed by atoms with van der Waals surface area (Å²) in [6.45, 7) is 0.324. The number of pyridine rings is 1.